The minimum Gasteiger partial charge on any atom is -0.288 e. The van der Waals surface area contributed by atoms with E-state index in [-0.39, 0.29) is 17.8 Å². The van der Waals surface area contributed by atoms with Crippen LogP contribution in [-0.4, -0.2) is 35.7 Å². The molecular formula is C27H23FN6O2. The third kappa shape index (κ3) is 4.26. The van der Waals surface area contributed by atoms with Crippen LogP contribution in [0.5, 0.6) is 0 Å². The number of halogens is 1. The molecule has 5 rings (SSSR count). The number of hydrogen-bond donors (Lipinski definition) is 1. The number of hydrogen-bond acceptors (Lipinski definition) is 5. The number of aromatic amines is 1. The van der Waals surface area contributed by atoms with Crippen molar-refractivity contribution in [1.29, 1.82) is 0 Å². The monoisotopic (exact) mass is 482 g/mol. The van der Waals surface area contributed by atoms with Gasteiger partial charge >= 0.3 is 5.69 Å². The lowest BCUT2D eigenvalue weighted by molar-refractivity contribution is 0.0942. The molecule has 0 aliphatic rings. The van der Waals surface area contributed by atoms with Crippen LogP contribution < -0.4 is 5.69 Å². The first-order chi connectivity index (χ1) is 17.6. The number of nitrogens with one attached hydrogen (secondary N) is 1. The smallest absolute Gasteiger partial charge is 0.288 e. The van der Waals surface area contributed by atoms with Gasteiger partial charge in [0, 0.05) is 11.1 Å². The lowest BCUT2D eigenvalue weighted by Crippen LogP contribution is -2.30. The Morgan fingerprint density at radius 1 is 0.944 bits per heavy atom. The van der Waals surface area contributed by atoms with Gasteiger partial charge in [-0.25, -0.2) is 9.36 Å². The number of H-pyrrole nitrogens is 1. The van der Waals surface area contributed by atoms with E-state index in [0.717, 1.165) is 22.3 Å². The number of aromatic nitrogens is 6. The van der Waals surface area contributed by atoms with Crippen molar-refractivity contribution in [1.82, 2.24) is 29.8 Å². The molecule has 36 heavy (non-hydrogen) atoms. The van der Waals surface area contributed by atoms with Gasteiger partial charge in [0.05, 0.1) is 12.2 Å². The van der Waals surface area contributed by atoms with Gasteiger partial charge in [0.1, 0.15) is 0 Å². The predicted molar refractivity (Wildman–Crippen MR) is 133 cm³/mol. The molecule has 0 saturated heterocycles. The van der Waals surface area contributed by atoms with Gasteiger partial charge in [-0.3, -0.25) is 9.36 Å². The van der Waals surface area contributed by atoms with E-state index >= 15 is 4.39 Å². The zero-order valence-electron chi connectivity index (χ0n) is 19.6. The van der Waals surface area contributed by atoms with Gasteiger partial charge in [0.25, 0.3) is 5.91 Å². The summed E-state index contributed by atoms with van der Waals surface area (Å²) in [5.41, 5.74) is 3.29. The van der Waals surface area contributed by atoms with Crippen LogP contribution in [0.4, 0.5) is 4.39 Å². The lowest BCUT2D eigenvalue weighted by atomic mass is 9.98. The Labute approximate surface area is 206 Å². The highest BCUT2D eigenvalue weighted by atomic mass is 19.1. The average Bonchev–Trinajstić information content (AvgIpc) is 3.53. The van der Waals surface area contributed by atoms with Crippen LogP contribution in [0, 0.1) is 5.95 Å². The summed E-state index contributed by atoms with van der Waals surface area (Å²) in [4.78, 5) is 26.1. The minimum absolute atomic E-state index is 0.146. The van der Waals surface area contributed by atoms with Crippen LogP contribution in [0.2, 0.25) is 0 Å². The van der Waals surface area contributed by atoms with Crippen LogP contribution in [-0.2, 0) is 13.0 Å². The maximum absolute atomic E-state index is 15.3. The van der Waals surface area contributed by atoms with Gasteiger partial charge in [0.2, 0.25) is 11.8 Å². The summed E-state index contributed by atoms with van der Waals surface area (Å²) in [5, 5.41) is 14.3. The van der Waals surface area contributed by atoms with Gasteiger partial charge in [-0.2, -0.15) is 9.60 Å². The first kappa shape index (κ1) is 23.1. The van der Waals surface area contributed by atoms with Crippen LogP contribution >= 0.6 is 0 Å². The third-order valence-corrected chi connectivity index (χ3v) is 6.01. The molecule has 1 N–H and O–H groups in total. The molecule has 0 bridgehead atoms. The molecule has 0 aliphatic heterocycles. The quantitative estimate of drug-likeness (QED) is 0.372. The Hall–Kier alpha value is -4.66. The normalized spacial score (nSPS) is 11.1. The van der Waals surface area contributed by atoms with E-state index in [1.165, 1.54) is 4.57 Å². The molecule has 0 radical (unpaired) electrons. The molecule has 8 nitrogen and oxygen atoms in total. The summed E-state index contributed by atoms with van der Waals surface area (Å²) >= 11 is 0. The van der Waals surface area contributed by atoms with Crippen molar-refractivity contribution in [2.75, 3.05) is 0 Å². The van der Waals surface area contributed by atoms with Crippen molar-refractivity contribution in [2.45, 2.75) is 26.3 Å². The van der Waals surface area contributed by atoms with E-state index in [9.17, 15) is 9.59 Å². The Kier molecular flexibility index (Phi) is 6.36. The Morgan fingerprint density at radius 2 is 1.64 bits per heavy atom. The molecule has 180 valence electrons. The maximum atomic E-state index is 15.3. The number of carbonyl (C=O) groups excluding carboxylic acids is 1. The molecule has 0 spiro atoms. The second-order valence-electron chi connectivity index (χ2n) is 8.34. The van der Waals surface area contributed by atoms with E-state index in [0.29, 0.717) is 23.2 Å². The molecule has 0 fully saturated rings. The summed E-state index contributed by atoms with van der Waals surface area (Å²) in [5.74, 6) is -0.991. The van der Waals surface area contributed by atoms with Crippen molar-refractivity contribution < 1.29 is 9.18 Å². The van der Waals surface area contributed by atoms with Gasteiger partial charge in [-0.05, 0) is 40.5 Å². The standard InChI is InChI=1S/C27H23FN6O2/c1-2-8-23-24(28)34(26(35)20-9-4-3-5-10-20)27(36)33(23)17-18-13-15-19(16-14-18)21-11-6-7-12-22(21)25-29-31-32-30-25/h3-7,9-16H,2,8,17H2,1H3,(H,29,30,31,32). The molecule has 0 unspecified atom stereocenters. The first-order valence-electron chi connectivity index (χ1n) is 11.6. The van der Waals surface area contributed by atoms with Crippen molar-refractivity contribution in [3.63, 3.8) is 0 Å². The molecular weight excluding hydrogens is 459 g/mol. The minimum atomic E-state index is -0.804. The zero-order chi connectivity index (χ0) is 25.1. The largest absolute Gasteiger partial charge is 0.338 e. The second-order valence-corrected chi connectivity index (χ2v) is 8.34. The molecule has 0 saturated carbocycles. The van der Waals surface area contributed by atoms with Crippen LogP contribution in [0.1, 0.15) is 35.0 Å². The third-order valence-electron chi connectivity index (χ3n) is 6.01. The molecule has 9 heteroatoms. The topological polar surface area (TPSA) is 98.5 Å². The fourth-order valence-electron chi connectivity index (χ4n) is 4.26. The summed E-state index contributed by atoms with van der Waals surface area (Å²) in [6.07, 6.45) is 0.970. The number of tetrazole rings is 1. The van der Waals surface area contributed by atoms with E-state index in [2.05, 4.69) is 20.6 Å². The highest BCUT2D eigenvalue weighted by molar-refractivity contribution is 5.95. The maximum Gasteiger partial charge on any atom is 0.338 e. The van der Waals surface area contributed by atoms with Crippen molar-refractivity contribution in [3.8, 4) is 22.5 Å². The number of nitrogens with zero attached hydrogens (tertiary/aromatic N) is 5. The molecule has 3 aromatic carbocycles. The SMILES string of the molecule is CCCc1c(F)n(C(=O)c2ccccc2)c(=O)n1Cc1ccc(-c2ccccc2-c2nn[nH]n2)cc1. The highest BCUT2D eigenvalue weighted by Gasteiger charge is 2.24. The molecule has 0 atom stereocenters. The molecule has 0 amide bonds. The fraction of sp³-hybridized carbons (Fsp3) is 0.148. The van der Waals surface area contributed by atoms with Gasteiger partial charge < -0.3 is 0 Å². The Bertz CT molecular complexity index is 1550. The predicted octanol–water partition coefficient (Wildman–Crippen LogP) is 4.33. The van der Waals surface area contributed by atoms with Crippen molar-refractivity contribution in [2.24, 2.45) is 0 Å². The lowest BCUT2D eigenvalue weighted by Gasteiger charge is -2.10. The summed E-state index contributed by atoms with van der Waals surface area (Å²) < 4.78 is 17.3. The van der Waals surface area contributed by atoms with E-state index < -0.39 is 17.5 Å². The number of benzene rings is 3. The molecule has 2 heterocycles. The van der Waals surface area contributed by atoms with Crippen LogP contribution in [0.15, 0.2) is 83.7 Å². The van der Waals surface area contributed by atoms with Gasteiger partial charge in [0.15, 0.2) is 0 Å². The Balaban J connectivity index is 1.48. The van der Waals surface area contributed by atoms with E-state index in [4.69, 9.17) is 0 Å². The summed E-state index contributed by atoms with van der Waals surface area (Å²) in [6.45, 7) is 2.05. The summed E-state index contributed by atoms with van der Waals surface area (Å²) in [7, 11) is 0. The molecule has 2 aromatic heterocycles. The van der Waals surface area contributed by atoms with Gasteiger partial charge in [-0.1, -0.05) is 80.1 Å². The number of rotatable bonds is 7. The van der Waals surface area contributed by atoms with Crippen LogP contribution in [0.25, 0.3) is 22.5 Å². The number of imidazole rings is 1. The first-order valence-corrected chi connectivity index (χ1v) is 11.6. The van der Waals surface area contributed by atoms with Gasteiger partial charge in [-0.15, -0.1) is 10.2 Å². The number of carbonyl (C=O) groups is 1. The van der Waals surface area contributed by atoms with Crippen molar-refractivity contribution in [3.05, 3.63) is 112 Å². The average molecular weight is 483 g/mol. The zero-order valence-corrected chi connectivity index (χ0v) is 19.6. The summed E-state index contributed by atoms with van der Waals surface area (Å²) in [6, 6.07) is 23.6. The Morgan fingerprint density at radius 3 is 2.31 bits per heavy atom. The second kappa shape index (κ2) is 9.91. The van der Waals surface area contributed by atoms with E-state index in [1.807, 2.05) is 55.5 Å². The molecule has 5 aromatic rings. The molecule has 0 aliphatic carbocycles. The van der Waals surface area contributed by atoms with Crippen molar-refractivity contribution >= 4 is 5.91 Å². The fourth-order valence-corrected chi connectivity index (χ4v) is 4.26. The highest BCUT2D eigenvalue weighted by Crippen LogP contribution is 2.29. The van der Waals surface area contributed by atoms with E-state index in [1.54, 1.807) is 30.3 Å². The van der Waals surface area contributed by atoms with Crippen LogP contribution in [0.3, 0.4) is 0 Å².